The molecule has 0 aliphatic carbocycles. The Morgan fingerprint density at radius 1 is 1.41 bits per heavy atom. The second-order valence-corrected chi connectivity index (χ2v) is 3.18. The molecule has 0 fully saturated rings. The van der Waals surface area contributed by atoms with Crippen LogP contribution >= 0.6 is 0 Å². The summed E-state index contributed by atoms with van der Waals surface area (Å²) in [5, 5.41) is 0. The molecule has 17 heavy (non-hydrogen) atoms. The van der Waals surface area contributed by atoms with E-state index < -0.39 is 31.2 Å². The number of Topliss-reactive ketones (excluding diaryl/α,β-unsaturated/α-hetero) is 1. The molecule has 0 atom stereocenters. The summed E-state index contributed by atoms with van der Waals surface area (Å²) in [5.41, 5.74) is 0.0533. The van der Waals surface area contributed by atoms with Crippen molar-refractivity contribution < 1.29 is 27.4 Å². The van der Waals surface area contributed by atoms with Crippen molar-refractivity contribution in [3.63, 3.8) is 0 Å². The molecule has 0 aromatic heterocycles. The van der Waals surface area contributed by atoms with Crippen molar-refractivity contribution in [2.45, 2.75) is 6.43 Å². The second-order valence-electron chi connectivity index (χ2n) is 3.18. The summed E-state index contributed by atoms with van der Waals surface area (Å²) >= 11 is 0. The molecule has 0 aliphatic heterocycles. The van der Waals surface area contributed by atoms with Gasteiger partial charge in [-0.3, -0.25) is 4.79 Å². The average Bonchev–Trinajstić information content (AvgIpc) is 2.28. The molecule has 0 radical (unpaired) electrons. The Bertz CT molecular complexity index is 394. The van der Waals surface area contributed by atoms with Crippen molar-refractivity contribution in [1.29, 1.82) is 0 Å². The van der Waals surface area contributed by atoms with Crippen molar-refractivity contribution in [2.24, 2.45) is 0 Å². The molecule has 0 saturated heterocycles. The second kappa shape index (κ2) is 6.24. The summed E-state index contributed by atoms with van der Waals surface area (Å²) in [5.74, 6) is -1.24. The Labute approximate surface area is 96.1 Å². The largest absolute Gasteiger partial charge is 0.494 e. The average molecular weight is 248 g/mol. The quantitative estimate of drug-likeness (QED) is 0.724. The maximum absolute atomic E-state index is 13.2. The topological polar surface area (TPSA) is 35.5 Å². The van der Waals surface area contributed by atoms with Crippen molar-refractivity contribution in [2.75, 3.05) is 20.3 Å². The SMILES string of the molecule is COc1ccc(C(=O)COCC(F)F)cc1F. The van der Waals surface area contributed by atoms with E-state index in [4.69, 9.17) is 0 Å². The van der Waals surface area contributed by atoms with Crippen LogP contribution in [0.4, 0.5) is 13.2 Å². The van der Waals surface area contributed by atoms with Crippen molar-refractivity contribution in [3.8, 4) is 5.75 Å². The van der Waals surface area contributed by atoms with E-state index in [0.29, 0.717) is 0 Å². The molecule has 0 unspecified atom stereocenters. The van der Waals surface area contributed by atoms with Gasteiger partial charge >= 0.3 is 0 Å². The van der Waals surface area contributed by atoms with Crippen LogP contribution in [-0.4, -0.2) is 32.5 Å². The van der Waals surface area contributed by atoms with Crippen LogP contribution in [0.3, 0.4) is 0 Å². The van der Waals surface area contributed by atoms with Crippen molar-refractivity contribution in [1.82, 2.24) is 0 Å². The number of carbonyl (C=O) groups excluding carboxylic acids is 1. The zero-order valence-electron chi connectivity index (χ0n) is 9.08. The molecule has 94 valence electrons. The van der Waals surface area contributed by atoms with Crippen LogP contribution in [0, 0.1) is 5.82 Å². The summed E-state index contributed by atoms with van der Waals surface area (Å²) < 4.78 is 45.8. The lowest BCUT2D eigenvalue weighted by molar-refractivity contribution is 0.0196. The van der Waals surface area contributed by atoms with E-state index in [9.17, 15) is 18.0 Å². The fourth-order valence-corrected chi connectivity index (χ4v) is 1.16. The highest BCUT2D eigenvalue weighted by Crippen LogP contribution is 2.17. The number of ketones is 1. The van der Waals surface area contributed by atoms with E-state index in [0.717, 1.165) is 6.07 Å². The lowest BCUT2D eigenvalue weighted by atomic mass is 10.1. The predicted molar refractivity (Wildman–Crippen MR) is 54.1 cm³/mol. The van der Waals surface area contributed by atoms with Gasteiger partial charge in [0.05, 0.1) is 7.11 Å². The Kier molecular flexibility index (Phi) is 4.96. The summed E-state index contributed by atoms with van der Waals surface area (Å²) in [7, 11) is 1.30. The molecule has 1 aromatic carbocycles. The van der Waals surface area contributed by atoms with E-state index in [1.54, 1.807) is 0 Å². The number of benzene rings is 1. The molecule has 0 bridgehead atoms. The standard InChI is InChI=1S/C11H11F3O3/c1-16-10-3-2-7(4-8(10)12)9(15)5-17-6-11(13)14/h2-4,11H,5-6H2,1H3. The third-order valence-electron chi connectivity index (χ3n) is 1.95. The Balaban J connectivity index is 2.60. The van der Waals surface area contributed by atoms with Gasteiger partial charge in [0, 0.05) is 5.56 Å². The van der Waals surface area contributed by atoms with Crippen LogP contribution in [0.1, 0.15) is 10.4 Å². The smallest absolute Gasteiger partial charge is 0.261 e. The van der Waals surface area contributed by atoms with Crippen LogP contribution in [-0.2, 0) is 4.74 Å². The first-order chi connectivity index (χ1) is 8.04. The number of ether oxygens (including phenoxy) is 2. The molecule has 0 amide bonds. The monoisotopic (exact) mass is 248 g/mol. The zero-order valence-corrected chi connectivity index (χ0v) is 9.08. The Hall–Kier alpha value is -1.56. The summed E-state index contributed by atoms with van der Waals surface area (Å²) in [4.78, 5) is 11.4. The van der Waals surface area contributed by atoms with Crippen LogP contribution in [0.25, 0.3) is 0 Å². The fourth-order valence-electron chi connectivity index (χ4n) is 1.16. The van der Waals surface area contributed by atoms with Gasteiger partial charge in [0.15, 0.2) is 17.3 Å². The molecule has 0 spiro atoms. The van der Waals surface area contributed by atoms with Crippen LogP contribution < -0.4 is 4.74 Å². The number of methoxy groups -OCH3 is 1. The fraction of sp³-hybridized carbons (Fsp3) is 0.364. The van der Waals surface area contributed by atoms with E-state index in [2.05, 4.69) is 9.47 Å². The van der Waals surface area contributed by atoms with Gasteiger partial charge in [0.25, 0.3) is 6.43 Å². The van der Waals surface area contributed by atoms with E-state index in [1.807, 2.05) is 0 Å². The van der Waals surface area contributed by atoms with Gasteiger partial charge in [-0.2, -0.15) is 0 Å². The highest BCUT2D eigenvalue weighted by Gasteiger charge is 2.11. The normalized spacial score (nSPS) is 10.6. The summed E-state index contributed by atoms with van der Waals surface area (Å²) in [6.45, 7) is -1.32. The Morgan fingerprint density at radius 2 is 2.12 bits per heavy atom. The minimum Gasteiger partial charge on any atom is -0.494 e. The summed E-state index contributed by atoms with van der Waals surface area (Å²) in [6.07, 6.45) is -2.63. The highest BCUT2D eigenvalue weighted by atomic mass is 19.3. The third kappa shape index (κ3) is 4.07. The van der Waals surface area contributed by atoms with Crippen LogP contribution in [0.15, 0.2) is 18.2 Å². The highest BCUT2D eigenvalue weighted by molar-refractivity contribution is 5.97. The number of alkyl halides is 2. The van der Waals surface area contributed by atoms with Crippen molar-refractivity contribution in [3.05, 3.63) is 29.6 Å². The molecule has 3 nitrogen and oxygen atoms in total. The van der Waals surface area contributed by atoms with Gasteiger partial charge in [0.2, 0.25) is 0 Å². The molecule has 6 heteroatoms. The predicted octanol–water partition coefficient (Wildman–Crippen LogP) is 2.30. The number of rotatable bonds is 6. The number of hydrogen-bond acceptors (Lipinski definition) is 3. The molecule has 0 saturated carbocycles. The number of carbonyl (C=O) groups is 1. The van der Waals surface area contributed by atoms with E-state index in [-0.39, 0.29) is 11.3 Å². The minimum atomic E-state index is -2.63. The lowest BCUT2D eigenvalue weighted by Gasteiger charge is -2.05. The van der Waals surface area contributed by atoms with E-state index in [1.165, 1.54) is 19.2 Å². The molecule has 0 N–H and O–H groups in total. The molecular weight excluding hydrogens is 237 g/mol. The Morgan fingerprint density at radius 3 is 2.65 bits per heavy atom. The first-order valence-electron chi connectivity index (χ1n) is 4.77. The molecule has 1 aromatic rings. The van der Waals surface area contributed by atoms with Gasteiger partial charge in [0.1, 0.15) is 13.2 Å². The van der Waals surface area contributed by atoms with Gasteiger partial charge < -0.3 is 9.47 Å². The van der Waals surface area contributed by atoms with Crippen molar-refractivity contribution >= 4 is 5.78 Å². The zero-order chi connectivity index (χ0) is 12.8. The number of hydrogen-bond donors (Lipinski definition) is 0. The molecule has 0 heterocycles. The van der Waals surface area contributed by atoms with E-state index >= 15 is 0 Å². The first kappa shape index (κ1) is 13.5. The van der Waals surface area contributed by atoms with Gasteiger partial charge in [-0.25, -0.2) is 13.2 Å². The maximum Gasteiger partial charge on any atom is 0.261 e. The third-order valence-corrected chi connectivity index (χ3v) is 1.95. The molecule has 0 aliphatic rings. The van der Waals surface area contributed by atoms with Gasteiger partial charge in [-0.05, 0) is 18.2 Å². The van der Waals surface area contributed by atoms with Gasteiger partial charge in [-0.15, -0.1) is 0 Å². The van der Waals surface area contributed by atoms with Crippen LogP contribution in [0.5, 0.6) is 5.75 Å². The molecule has 1 rings (SSSR count). The molecular formula is C11H11F3O3. The first-order valence-corrected chi connectivity index (χ1v) is 4.77. The maximum atomic E-state index is 13.2. The lowest BCUT2D eigenvalue weighted by Crippen LogP contribution is -2.13. The minimum absolute atomic E-state index is 0.00930. The summed E-state index contributed by atoms with van der Waals surface area (Å²) in [6, 6.07) is 3.61. The van der Waals surface area contributed by atoms with Crippen LogP contribution in [0.2, 0.25) is 0 Å². The van der Waals surface area contributed by atoms with Gasteiger partial charge in [-0.1, -0.05) is 0 Å². The number of halogens is 3.